The second-order valence-corrected chi connectivity index (χ2v) is 20.2. The van der Waals surface area contributed by atoms with Crippen molar-refractivity contribution >= 4 is 64.6 Å². The highest BCUT2D eigenvalue weighted by Gasteiger charge is 2.63. The number of methoxy groups -OCH3 is 1. The highest BCUT2D eigenvalue weighted by Crippen LogP contribution is 2.52. The number of nitrogens with zero attached hydrogens (tertiary/aromatic N) is 2. The number of epoxide rings is 1. The third-order valence-electron chi connectivity index (χ3n) is 13.8. The summed E-state index contributed by atoms with van der Waals surface area (Å²) in [6.45, 7) is 8.04. The standard InChI is InChI=1S/C47H65ClN4O11S/c1-27-10-8-11-38(60-7)47(59)24-36(62-45(58)50-47)29(3)42-46(4,63-42)33(22-39(54)51(6)35-20-31(18-27)19-28(2)41(35)48)21-34(53)26-61-16-9-17-64-37-23-40(55)52(44(37)57)25-30-12-14-32(15-13-30)43(56)49-5/h8,10-11,19-20,29-30,32-33,36-38,42,59H,9,12-18,21-26H2,1-7H3,(H,49,56)(H,50,58)/b11-8+,27-10+/t29-,30?,32?,33+,36+,37?,38-,42+,46+,47+/m1/s1. The van der Waals surface area contributed by atoms with Gasteiger partial charge in [0.1, 0.15) is 18.8 Å². The Balaban J connectivity index is 1.08. The average molecular weight is 930 g/mol. The third kappa shape index (κ3) is 11.6. The van der Waals surface area contributed by atoms with Gasteiger partial charge in [-0.2, -0.15) is 0 Å². The molecule has 4 fully saturated rings. The van der Waals surface area contributed by atoms with E-state index in [2.05, 4.69) is 10.6 Å². The smallest absolute Gasteiger partial charge is 0.409 e. The monoisotopic (exact) mass is 928 g/mol. The molecular formula is C47H65ClN4O11S. The minimum Gasteiger partial charge on any atom is -0.446 e. The summed E-state index contributed by atoms with van der Waals surface area (Å²) in [7, 11) is 4.77. The quantitative estimate of drug-likeness (QED) is 0.129. The molecule has 1 aromatic rings. The van der Waals surface area contributed by atoms with Crippen LogP contribution < -0.4 is 15.5 Å². The van der Waals surface area contributed by atoms with Gasteiger partial charge in [-0.25, -0.2) is 4.79 Å². The molecule has 3 N–H and O–H groups in total. The molecule has 64 heavy (non-hydrogen) atoms. The van der Waals surface area contributed by atoms with E-state index in [4.69, 9.17) is 30.5 Å². The zero-order valence-corrected chi connectivity index (χ0v) is 39.7. The van der Waals surface area contributed by atoms with E-state index in [-0.39, 0.29) is 80.1 Å². The molecule has 0 spiro atoms. The van der Waals surface area contributed by atoms with Gasteiger partial charge in [-0.05, 0) is 88.2 Å². The molecule has 4 bridgehead atoms. The number of likely N-dealkylation sites (tertiary alicyclic amines) is 1. The second kappa shape index (κ2) is 21.2. The van der Waals surface area contributed by atoms with Crippen molar-refractivity contribution in [3.05, 3.63) is 52.1 Å². The van der Waals surface area contributed by atoms with Crippen molar-refractivity contribution in [3.8, 4) is 0 Å². The van der Waals surface area contributed by atoms with E-state index >= 15 is 0 Å². The van der Waals surface area contributed by atoms with Gasteiger partial charge >= 0.3 is 6.09 Å². The molecule has 4 aliphatic heterocycles. The van der Waals surface area contributed by atoms with E-state index in [0.29, 0.717) is 35.8 Å². The molecule has 4 heterocycles. The Morgan fingerprint density at radius 1 is 1.09 bits per heavy atom. The maximum Gasteiger partial charge on any atom is 0.409 e. The Bertz CT molecular complexity index is 2010. The SMILES string of the molecule is CNC(=O)C1CCC(CN2C(=O)CC(SCCCOCC(=O)C[C@H]3CC(=O)N(C)c4cc(cc(C)c4Cl)C/C(C)=C/C=C/[C@@H](OC)[C@@]4(O)C[C@H](OC(=O)N4)[C@@H](C)[C@@H]4O[C@@]34C)C2=O)CC1. The molecule has 15 nitrogen and oxygen atoms in total. The molecule has 3 saturated heterocycles. The van der Waals surface area contributed by atoms with Gasteiger partial charge in [0.2, 0.25) is 23.6 Å². The number of aliphatic hydroxyl groups is 1. The molecule has 352 valence electrons. The Morgan fingerprint density at radius 2 is 1.83 bits per heavy atom. The van der Waals surface area contributed by atoms with E-state index < -0.39 is 52.8 Å². The van der Waals surface area contributed by atoms with Crippen LogP contribution in [0.25, 0.3) is 0 Å². The molecule has 17 heteroatoms. The van der Waals surface area contributed by atoms with Gasteiger partial charge in [0, 0.05) is 77.8 Å². The van der Waals surface area contributed by atoms with Crippen LogP contribution in [-0.4, -0.2) is 127 Å². The number of hydrogen-bond donors (Lipinski definition) is 3. The number of carbonyl (C=O) groups is 6. The zero-order chi connectivity index (χ0) is 46.5. The number of ether oxygens (including phenoxy) is 4. The fraction of sp³-hybridized carbons (Fsp3) is 0.660. The summed E-state index contributed by atoms with van der Waals surface area (Å²) in [5.74, 6) is -1.05. The first-order chi connectivity index (χ1) is 30.4. The number of aryl methyl sites for hydroxylation is 1. The minimum atomic E-state index is -1.79. The lowest BCUT2D eigenvalue weighted by Crippen LogP contribution is -2.63. The van der Waals surface area contributed by atoms with Crippen molar-refractivity contribution < 1.29 is 52.8 Å². The van der Waals surface area contributed by atoms with Gasteiger partial charge in [-0.15, -0.1) is 11.8 Å². The number of Topliss-reactive ketones (excluding diaryl/α,β-unsaturated/α-hetero) is 1. The van der Waals surface area contributed by atoms with Crippen LogP contribution in [-0.2, 0) is 49.3 Å². The Labute approximate surface area is 385 Å². The second-order valence-electron chi connectivity index (χ2n) is 18.5. The first kappa shape index (κ1) is 49.6. The lowest BCUT2D eigenvalue weighted by molar-refractivity contribution is -0.142. The lowest BCUT2D eigenvalue weighted by atomic mass is 9.78. The molecule has 1 unspecified atom stereocenters. The molecule has 5 aliphatic rings. The zero-order valence-electron chi connectivity index (χ0n) is 38.1. The van der Waals surface area contributed by atoms with Gasteiger partial charge in [0.15, 0.2) is 11.5 Å². The number of alkyl carbamates (subject to hydrolysis) is 1. The summed E-state index contributed by atoms with van der Waals surface area (Å²) in [4.78, 5) is 81.7. The van der Waals surface area contributed by atoms with Crippen LogP contribution >= 0.6 is 23.4 Å². The van der Waals surface area contributed by atoms with Gasteiger partial charge in [-0.1, -0.05) is 48.4 Å². The van der Waals surface area contributed by atoms with Gasteiger partial charge in [0.05, 0.1) is 27.7 Å². The number of rotatable bonds is 13. The van der Waals surface area contributed by atoms with E-state index in [1.807, 2.05) is 45.9 Å². The number of allylic oxidation sites excluding steroid dienone is 3. The van der Waals surface area contributed by atoms with Crippen LogP contribution in [0.5, 0.6) is 0 Å². The molecule has 0 radical (unpaired) electrons. The van der Waals surface area contributed by atoms with Gasteiger partial charge in [0.25, 0.3) is 0 Å². The largest absolute Gasteiger partial charge is 0.446 e. The van der Waals surface area contributed by atoms with E-state index in [1.165, 1.54) is 28.7 Å². The molecule has 5 amide bonds. The molecule has 1 saturated carbocycles. The van der Waals surface area contributed by atoms with Crippen LogP contribution in [0.15, 0.2) is 35.9 Å². The van der Waals surface area contributed by atoms with Crippen LogP contribution in [0.2, 0.25) is 5.02 Å². The fourth-order valence-electron chi connectivity index (χ4n) is 9.83. The number of thioether (sulfide) groups is 1. The number of ketones is 1. The van der Waals surface area contributed by atoms with Crippen LogP contribution in [0.3, 0.4) is 0 Å². The van der Waals surface area contributed by atoms with E-state index in [1.54, 1.807) is 26.2 Å². The summed E-state index contributed by atoms with van der Waals surface area (Å²) in [5, 5.41) is 17.0. The summed E-state index contributed by atoms with van der Waals surface area (Å²) in [6.07, 6.45) is 6.65. The maximum atomic E-state index is 14.2. The first-order valence-electron chi connectivity index (χ1n) is 22.5. The molecule has 0 aromatic heterocycles. The number of nitrogens with one attached hydrogen (secondary N) is 2. The predicted molar refractivity (Wildman–Crippen MR) is 243 cm³/mol. The minimum absolute atomic E-state index is 0.00578. The Kier molecular flexibility index (Phi) is 16.5. The number of halogens is 1. The molecule has 8 atom stereocenters. The number of imide groups is 1. The molecule has 1 aromatic carbocycles. The lowest BCUT2D eigenvalue weighted by Gasteiger charge is -2.42. The van der Waals surface area contributed by atoms with Gasteiger partial charge < -0.3 is 34.3 Å². The van der Waals surface area contributed by atoms with Crippen molar-refractivity contribution in [1.82, 2.24) is 15.5 Å². The number of carbonyl (C=O) groups excluding carboxylic acids is 6. The number of fused-ring (bicyclic) bond motifs is 5. The van der Waals surface area contributed by atoms with Crippen LogP contribution in [0.4, 0.5) is 10.5 Å². The molecule has 1 aliphatic carbocycles. The summed E-state index contributed by atoms with van der Waals surface area (Å²) in [6, 6.07) is 3.87. The highest BCUT2D eigenvalue weighted by atomic mass is 35.5. The Morgan fingerprint density at radius 3 is 2.53 bits per heavy atom. The highest BCUT2D eigenvalue weighted by molar-refractivity contribution is 8.00. The van der Waals surface area contributed by atoms with Crippen LogP contribution in [0.1, 0.15) is 89.7 Å². The van der Waals surface area contributed by atoms with Crippen molar-refractivity contribution in [2.24, 2.45) is 23.7 Å². The Hall–Kier alpha value is -3.80. The number of hydrogen-bond acceptors (Lipinski definition) is 12. The summed E-state index contributed by atoms with van der Waals surface area (Å²) >= 11 is 8.24. The average Bonchev–Trinajstić information content (AvgIpc) is 3.88. The van der Waals surface area contributed by atoms with Crippen molar-refractivity contribution in [2.45, 2.75) is 127 Å². The number of benzene rings is 1. The van der Waals surface area contributed by atoms with Crippen molar-refractivity contribution in [3.63, 3.8) is 0 Å². The van der Waals surface area contributed by atoms with Crippen LogP contribution in [0, 0.1) is 30.6 Å². The summed E-state index contributed by atoms with van der Waals surface area (Å²) in [5.41, 5.74) is 0.524. The summed E-state index contributed by atoms with van der Waals surface area (Å²) < 4.78 is 23.6. The maximum absolute atomic E-state index is 14.2. The fourth-order valence-corrected chi connectivity index (χ4v) is 11.2. The topological polar surface area (TPSA) is 193 Å². The van der Waals surface area contributed by atoms with Crippen molar-refractivity contribution in [2.75, 3.05) is 51.6 Å². The van der Waals surface area contributed by atoms with Gasteiger partial charge in [-0.3, -0.25) is 34.2 Å². The number of anilines is 1. The number of amides is 5. The van der Waals surface area contributed by atoms with E-state index in [0.717, 1.165) is 42.4 Å². The third-order valence-corrected chi connectivity index (χ3v) is 15.6. The predicted octanol–water partition coefficient (Wildman–Crippen LogP) is 5.45. The molecular weight excluding hydrogens is 864 g/mol. The first-order valence-corrected chi connectivity index (χ1v) is 23.9. The van der Waals surface area contributed by atoms with Crippen molar-refractivity contribution in [1.29, 1.82) is 0 Å². The van der Waals surface area contributed by atoms with E-state index in [9.17, 15) is 33.9 Å². The molecule has 6 rings (SSSR count). The normalized spacial score (nSPS) is 33.7.